The molecule has 0 saturated heterocycles. The Morgan fingerprint density at radius 2 is 2.07 bits per heavy atom. The maximum atomic E-state index is 13.3. The lowest BCUT2D eigenvalue weighted by molar-refractivity contribution is -0.116. The molecule has 0 bridgehead atoms. The minimum absolute atomic E-state index is 0.00990. The van der Waals surface area contributed by atoms with E-state index in [-0.39, 0.29) is 18.0 Å². The van der Waals surface area contributed by atoms with Crippen molar-refractivity contribution < 1.29 is 23.8 Å². The number of alkyl carbamates (subject to hydrolysis) is 1. The van der Waals surface area contributed by atoms with Crippen LogP contribution in [0.5, 0.6) is 0 Å². The highest BCUT2D eigenvalue weighted by Gasteiger charge is 2.20. The molecule has 1 heterocycles. The van der Waals surface area contributed by atoms with Crippen LogP contribution >= 0.6 is 0 Å². The molecular weight excluding hydrogens is 351 g/mol. The summed E-state index contributed by atoms with van der Waals surface area (Å²) >= 11 is 0. The first kappa shape index (κ1) is 20.9. The lowest BCUT2D eigenvalue weighted by Gasteiger charge is -2.21. The van der Waals surface area contributed by atoms with Crippen LogP contribution in [0.15, 0.2) is 30.1 Å². The summed E-state index contributed by atoms with van der Waals surface area (Å²) in [7, 11) is 0. The smallest absolute Gasteiger partial charge is 0.407 e. The van der Waals surface area contributed by atoms with E-state index in [0.29, 0.717) is 24.0 Å². The third-order valence-electron chi connectivity index (χ3n) is 4.15. The van der Waals surface area contributed by atoms with Crippen molar-refractivity contribution in [3.63, 3.8) is 0 Å². The van der Waals surface area contributed by atoms with Crippen LogP contribution in [0.2, 0.25) is 0 Å². The number of carbonyl (C=O) groups is 2. The molecule has 1 aliphatic heterocycles. The van der Waals surface area contributed by atoms with Gasteiger partial charge in [0, 0.05) is 24.2 Å². The molecule has 2 amide bonds. The van der Waals surface area contributed by atoms with Gasteiger partial charge in [0.25, 0.3) is 0 Å². The molecule has 1 aromatic carbocycles. The standard InChI is InChI=1S/C20H27FN2O4/c1-20(2,3)27-19(26)22-12-15(11-21)18(25)14-8-9-16-13(10-14)6-4-5-7-17(24)23-16/h8-11,18,25H,4-7,12H2,1-3H3,(H,22,26)(H,23,24)/b15-11-. The molecule has 0 fully saturated rings. The Hall–Kier alpha value is -2.41. The number of rotatable bonds is 4. The molecular formula is C20H27FN2O4. The second-order valence-corrected chi connectivity index (χ2v) is 7.61. The van der Waals surface area contributed by atoms with Gasteiger partial charge in [-0.2, -0.15) is 0 Å². The summed E-state index contributed by atoms with van der Waals surface area (Å²) < 4.78 is 18.4. The van der Waals surface area contributed by atoms with Crippen molar-refractivity contribution in [1.82, 2.24) is 5.32 Å². The number of fused-ring (bicyclic) bond motifs is 1. The molecule has 7 heteroatoms. The molecule has 1 unspecified atom stereocenters. The molecule has 3 N–H and O–H groups in total. The van der Waals surface area contributed by atoms with Gasteiger partial charge in [0.15, 0.2) is 0 Å². The Morgan fingerprint density at radius 1 is 1.37 bits per heavy atom. The number of ether oxygens (including phenoxy) is 1. The Kier molecular flexibility index (Phi) is 6.96. The Labute approximate surface area is 158 Å². The second-order valence-electron chi connectivity index (χ2n) is 7.61. The second kappa shape index (κ2) is 8.99. The highest BCUT2D eigenvalue weighted by molar-refractivity contribution is 5.91. The summed E-state index contributed by atoms with van der Waals surface area (Å²) in [5.41, 5.74) is 1.46. The van der Waals surface area contributed by atoms with Gasteiger partial charge in [-0.05, 0) is 57.2 Å². The molecule has 1 atom stereocenters. The molecule has 1 aliphatic rings. The first-order valence-electron chi connectivity index (χ1n) is 9.06. The number of hydrogen-bond acceptors (Lipinski definition) is 4. The number of amides is 2. The van der Waals surface area contributed by atoms with Gasteiger partial charge in [-0.3, -0.25) is 4.79 Å². The average molecular weight is 378 g/mol. The van der Waals surface area contributed by atoms with Gasteiger partial charge >= 0.3 is 6.09 Å². The summed E-state index contributed by atoms with van der Waals surface area (Å²) in [6, 6.07) is 5.12. The molecule has 6 nitrogen and oxygen atoms in total. The maximum Gasteiger partial charge on any atom is 0.407 e. The van der Waals surface area contributed by atoms with Crippen LogP contribution in [-0.2, 0) is 16.0 Å². The number of aliphatic hydroxyl groups is 1. The van der Waals surface area contributed by atoms with Gasteiger partial charge in [-0.25, -0.2) is 9.18 Å². The van der Waals surface area contributed by atoms with Crippen molar-refractivity contribution in [1.29, 1.82) is 0 Å². The Morgan fingerprint density at radius 3 is 2.74 bits per heavy atom. The molecule has 0 radical (unpaired) electrons. The van der Waals surface area contributed by atoms with Crippen molar-refractivity contribution in [3.8, 4) is 0 Å². The topological polar surface area (TPSA) is 87.7 Å². The van der Waals surface area contributed by atoms with Crippen molar-refractivity contribution >= 4 is 17.7 Å². The number of halogens is 1. The van der Waals surface area contributed by atoms with E-state index >= 15 is 0 Å². The molecule has 2 rings (SSSR count). The Bertz CT molecular complexity index is 725. The van der Waals surface area contributed by atoms with E-state index in [2.05, 4.69) is 10.6 Å². The first-order valence-corrected chi connectivity index (χ1v) is 9.06. The van der Waals surface area contributed by atoms with Crippen LogP contribution < -0.4 is 10.6 Å². The van der Waals surface area contributed by atoms with Crippen LogP contribution in [-0.4, -0.2) is 29.3 Å². The van der Waals surface area contributed by atoms with Crippen LogP contribution in [0.4, 0.5) is 14.9 Å². The minimum atomic E-state index is -1.21. The summed E-state index contributed by atoms with van der Waals surface area (Å²) in [6.07, 6.45) is 1.32. The van der Waals surface area contributed by atoms with E-state index in [0.717, 1.165) is 24.8 Å². The predicted molar refractivity (Wildman–Crippen MR) is 101 cm³/mol. The van der Waals surface area contributed by atoms with Crippen molar-refractivity contribution in [2.45, 2.75) is 58.2 Å². The van der Waals surface area contributed by atoms with Crippen LogP contribution in [0.25, 0.3) is 0 Å². The highest BCUT2D eigenvalue weighted by Crippen LogP contribution is 2.28. The van der Waals surface area contributed by atoms with E-state index in [4.69, 9.17) is 4.74 Å². The number of hydrogen-bond donors (Lipinski definition) is 3. The number of benzene rings is 1. The fourth-order valence-corrected chi connectivity index (χ4v) is 2.82. The van der Waals surface area contributed by atoms with E-state index in [1.807, 2.05) is 0 Å². The zero-order chi connectivity index (χ0) is 20.0. The van der Waals surface area contributed by atoms with E-state index in [1.165, 1.54) is 0 Å². The van der Waals surface area contributed by atoms with Gasteiger partial charge in [0.1, 0.15) is 11.7 Å². The normalized spacial score (nSPS) is 16.5. The summed E-state index contributed by atoms with van der Waals surface area (Å²) in [6.45, 7) is 5.00. The molecule has 148 valence electrons. The number of carbonyl (C=O) groups excluding carboxylic acids is 2. The molecule has 0 saturated carbocycles. The van der Waals surface area contributed by atoms with Gasteiger partial charge in [-0.1, -0.05) is 12.1 Å². The van der Waals surface area contributed by atoms with Gasteiger partial charge in [-0.15, -0.1) is 0 Å². The summed E-state index contributed by atoms with van der Waals surface area (Å²) in [4.78, 5) is 23.5. The summed E-state index contributed by atoms with van der Waals surface area (Å²) in [5.74, 6) is -0.0323. The van der Waals surface area contributed by atoms with Crippen molar-refractivity contribution in [3.05, 3.63) is 41.2 Å². The minimum Gasteiger partial charge on any atom is -0.444 e. The van der Waals surface area contributed by atoms with Gasteiger partial charge in [0.2, 0.25) is 5.91 Å². The molecule has 0 spiro atoms. The number of aliphatic hydroxyl groups excluding tert-OH is 1. The average Bonchev–Trinajstić information content (AvgIpc) is 2.56. The molecule has 0 aliphatic carbocycles. The maximum absolute atomic E-state index is 13.3. The zero-order valence-electron chi connectivity index (χ0n) is 16.0. The summed E-state index contributed by atoms with van der Waals surface area (Å²) in [5, 5.41) is 15.8. The zero-order valence-corrected chi connectivity index (χ0v) is 16.0. The third kappa shape index (κ3) is 6.36. The lowest BCUT2D eigenvalue weighted by Crippen LogP contribution is -2.34. The predicted octanol–water partition coefficient (Wildman–Crippen LogP) is 3.76. The monoisotopic (exact) mass is 378 g/mol. The molecule has 0 aromatic heterocycles. The van der Waals surface area contributed by atoms with Crippen LogP contribution in [0, 0.1) is 0 Å². The largest absolute Gasteiger partial charge is 0.444 e. The molecule has 27 heavy (non-hydrogen) atoms. The van der Waals surface area contributed by atoms with E-state index in [1.54, 1.807) is 39.0 Å². The van der Waals surface area contributed by atoms with Crippen molar-refractivity contribution in [2.24, 2.45) is 0 Å². The third-order valence-corrected chi connectivity index (χ3v) is 4.15. The number of anilines is 1. The first-order chi connectivity index (χ1) is 12.7. The van der Waals surface area contributed by atoms with E-state index in [9.17, 15) is 19.1 Å². The SMILES string of the molecule is CC(C)(C)OC(=O)NC/C(=C/F)C(O)c1ccc2c(c1)CCCCC(=O)N2. The fraction of sp³-hybridized carbons (Fsp3) is 0.500. The Balaban J connectivity index is 2.08. The number of aryl methyl sites for hydroxylation is 1. The van der Waals surface area contributed by atoms with Gasteiger partial charge in [0.05, 0.1) is 6.33 Å². The van der Waals surface area contributed by atoms with Gasteiger partial charge < -0.3 is 20.5 Å². The van der Waals surface area contributed by atoms with Crippen LogP contribution in [0.3, 0.4) is 0 Å². The van der Waals surface area contributed by atoms with Crippen LogP contribution in [0.1, 0.15) is 57.3 Å². The molecule has 1 aromatic rings. The van der Waals surface area contributed by atoms with E-state index < -0.39 is 17.8 Å². The highest BCUT2D eigenvalue weighted by atomic mass is 19.1. The van der Waals surface area contributed by atoms with Crippen molar-refractivity contribution in [2.75, 3.05) is 11.9 Å². The lowest BCUT2D eigenvalue weighted by atomic mass is 9.95. The quantitative estimate of drug-likeness (QED) is 0.744. The number of nitrogens with one attached hydrogen (secondary N) is 2. The fourth-order valence-electron chi connectivity index (χ4n) is 2.82.